The molecule has 1 aromatic rings. The third-order valence-corrected chi connectivity index (χ3v) is 5.06. The van der Waals surface area contributed by atoms with Crippen LogP contribution in [0, 0.1) is 6.92 Å². The van der Waals surface area contributed by atoms with Gasteiger partial charge in [-0.05, 0) is 49.3 Å². The highest BCUT2D eigenvalue weighted by Crippen LogP contribution is 2.27. The lowest BCUT2D eigenvalue weighted by Gasteiger charge is -2.11. The van der Waals surface area contributed by atoms with Crippen LogP contribution in [0.3, 0.4) is 0 Å². The monoisotopic (exact) mass is 332 g/mol. The van der Waals surface area contributed by atoms with Crippen molar-refractivity contribution < 1.29 is 5.11 Å². The van der Waals surface area contributed by atoms with E-state index in [1.54, 1.807) is 0 Å². The van der Waals surface area contributed by atoms with E-state index in [4.69, 9.17) is 0 Å². The fourth-order valence-corrected chi connectivity index (χ4v) is 3.47. The van der Waals surface area contributed by atoms with Gasteiger partial charge in [-0.1, -0.05) is 90.2 Å². The summed E-state index contributed by atoms with van der Waals surface area (Å²) >= 11 is 0. The Morgan fingerprint density at radius 3 is 1.75 bits per heavy atom. The number of phenolic OH excluding ortho intramolecular Hbond substituents is 1. The molecular formula is C23H40O. The minimum Gasteiger partial charge on any atom is -0.507 e. The number of unbranched alkanes of at least 4 members (excludes halogenated alkanes) is 10. The van der Waals surface area contributed by atoms with Gasteiger partial charge in [0.25, 0.3) is 0 Å². The average molecular weight is 333 g/mol. The van der Waals surface area contributed by atoms with Gasteiger partial charge in [0, 0.05) is 0 Å². The summed E-state index contributed by atoms with van der Waals surface area (Å²) in [6.07, 6.45) is 18.1. The molecule has 24 heavy (non-hydrogen) atoms. The smallest absolute Gasteiger partial charge is 0.121 e. The number of hydrogen-bond acceptors (Lipinski definition) is 1. The molecule has 0 aliphatic heterocycles. The minimum absolute atomic E-state index is 0.537. The summed E-state index contributed by atoms with van der Waals surface area (Å²) in [5, 5.41) is 10.3. The molecule has 0 spiro atoms. The number of phenols is 1. The number of hydrogen-bond donors (Lipinski definition) is 1. The van der Waals surface area contributed by atoms with Crippen molar-refractivity contribution >= 4 is 0 Å². The van der Waals surface area contributed by atoms with Crippen LogP contribution in [0.4, 0.5) is 0 Å². The molecule has 0 aromatic heterocycles. The summed E-state index contributed by atoms with van der Waals surface area (Å²) in [7, 11) is 0. The molecule has 0 heterocycles. The molecule has 0 aliphatic rings. The van der Waals surface area contributed by atoms with Gasteiger partial charge in [-0.15, -0.1) is 0 Å². The topological polar surface area (TPSA) is 20.2 Å². The zero-order valence-corrected chi connectivity index (χ0v) is 16.5. The molecule has 0 unspecified atom stereocenters. The summed E-state index contributed by atoms with van der Waals surface area (Å²) in [5.41, 5.74) is 3.65. The molecule has 0 saturated heterocycles. The lowest BCUT2D eigenvalue weighted by molar-refractivity contribution is 0.461. The normalized spacial score (nSPS) is 11.1. The first-order valence-corrected chi connectivity index (χ1v) is 10.5. The van der Waals surface area contributed by atoms with E-state index in [1.807, 2.05) is 6.92 Å². The van der Waals surface area contributed by atoms with Crippen LogP contribution in [0.25, 0.3) is 0 Å². The molecule has 0 atom stereocenters. The summed E-state index contributed by atoms with van der Waals surface area (Å²) in [4.78, 5) is 0. The molecule has 1 N–H and O–H groups in total. The van der Waals surface area contributed by atoms with Gasteiger partial charge in [0.2, 0.25) is 0 Å². The van der Waals surface area contributed by atoms with E-state index in [1.165, 1.54) is 88.2 Å². The first kappa shape index (κ1) is 21.1. The third kappa shape index (κ3) is 8.76. The maximum atomic E-state index is 10.3. The van der Waals surface area contributed by atoms with Crippen molar-refractivity contribution in [1.82, 2.24) is 0 Å². The quantitative estimate of drug-likeness (QED) is 0.349. The van der Waals surface area contributed by atoms with Crippen molar-refractivity contribution in [2.24, 2.45) is 0 Å². The van der Waals surface area contributed by atoms with E-state index >= 15 is 0 Å². The molecule has 0 aliphatic carbocycles. The van der Waals surface area contributed by atoms with Crippen LogP contribution in [-0.2, 0) is 12.8 Å². The Morgan fingerprint density at radius 2 is 1.17 bits per heavy atom. The Bertz CT molecular complexity index is 436. The number of rotatable bonds is 14. The van der Waals surface area contributed by atoms with E-state index in [2.05, 4.69) is 26.0 Å². The molecular weight excluding hydrogens is 292 g/mol. The van der Waals surface area contributed by atoms with Gasteiger partial charge in [-0.3, -0.25) is 0 Å². The zero-order chi connectivity index (χ0) is 17.6. The van der Waals surface area contributed by atoms with Gasteiger partial charge in [0.15, 0.2) is 0 Å². The standard InChI is InChI=1S/C23H40O/c1-4-6-8-10-12-14-16-21-18-20(3)23(24)22(19-21)17-15-13-11-9-7-5-2/h18-19,24H,4-17H2,1-3H3. The van der Waals surface area contributed by atoms with Crippen LogP contribution in [-0.4, -0.2) is 5.11 Å². The molecule has 0 amide bonds. The molecule has 0 bridgehead atoms. The van der Waals surface area contributed by atoms with E-state index in [0.717, 1.165) is 18.4 Å². The highest BCUT2D eigenvalue weighted by Gasteiger charge is 2.07. The van der Waals surface area contributed by atoms with Crippen molar-refractivity contribution in [2.45, 2.75) is 111 Å². The predicted molar refractivity (Wildman–Crippen MR) is 107 cm³/mol. The minimum atomic E-state index is 0.537. The SMILES string of the molecule is CCCCCCCCc1cc(C)c(O)c(CCCCCCCC)c1. The molecule has 1 heteroatoms. The Kier molecular flexibility index (Phi) is 11.7. The maximum Gasteiger partial charge on any atom is 0.121 e. The van der Waals surface area contributed by atoms with E-state index < -0.39 is 0 Å². The van der Waals surface area contributed by atoms with Gasteiger partial charge in [0.05, 0.1) is 0 Å². The van der Waals surface area contributed by atoms with Crippen molar-refractivity contribution in [1.29, 1.82) is 0 Å². The second kappa shape index (κ2) is 13.3. The average Bonchev–Trinajstić information content (AvgIpc) is 2.58. The van der Waals surface area contributed by atoms with Gasteiger partial charge in [-0.25, -0.2) is 0 Å². The Morgan fingerprint density at radius 1 is 0.667 bits per heavy atom. The van der Waals surface area contributed by atoms with Gasteiger partial charge >= 0.3 is 0 Å². The summed E-state index contributed by atoms with van der Waals surface area (Å²) in [6.45, 7) is 6.57. The predicted octanol–water partition coefficient (Wildman–Crippen LogP) is 7.51. The second-order valence-corrected chi connectivity index (χ2v) is 7.46. The summed E-state index contributed by atoms with van der Waals surface area (Å²) < 4.78 is 0. The first-order valence-electron chi connectivity index (χ1n) is 10.5. The van der Waals surface area contributed by atoms with Gasteiger partial charge < -0.3 is 5.11 Å². The summed E-state index contributed by atoms with van der Waals surface area (Å²) in [5.74, 6) is 0.537. The highest BCUT2D eigenvalue weighted by atomic mass is 16.3. The first-order chi connectivity index (χ1) is 11.7. The fraction of sp³-hybridized carbons (Fsp3) is 0.739. The second-order valence-electron chi connectivity index (χ2n) is 7.46. The molecule has 0 fully saturated rings. The van der Waals surface area contributed by atoms with Crippen LogP contribution in [0.15, 0.2) is 12.1 Å². The maximum absolute atomic E-state index is 10.3. The number of aryl methyl sites for hydroxylation is 3. The van der Waals surface area contributed by atoms with Crippen molar-refractivity contribution in [2.75, 3.05) is 0 Å². The van der Waals surface area contributed by atoms with Crippen LogP contribution in [0.2, 0.25) is 0 Å². The fourth-order valence-electron chi connectivity index (χ4n) is 3.47. The third-order valence-electron chi connectivity index (χ3n) is 5.06. The lowest BCUT2D eigenvalue weighted by atomic mass is 9.96. The van der Waals surface area contributed by atoms with Crippen LogP contribution in [0.1, 0.15) is 108 Å². The number of benzene rings is 1. The van der Waals surface area contributed by atoms with Crippen LogP contribution in [0.5, 0.6) is 5.75 Å². The molecule has 0 radical (unpaired) electrons. The number of aromatic hydroxyl groups is 1. The molecule has 0 saturated carbocycles. The molecule has 1 rings (SSSR count). The Labute approximate surface area is 150 Å². The van der Waals surface area contributed by atoms with Crippen molar-refractivity contribution in [3.63, 3.8) is 0 Å². The lowest BCUT2D eigenvalue weighted by Crippen LogP contribution is -1.94. The van der Waals surface area contributed by atoms with E-state index in [-0.39, 0.29) is 0 Å². The zero-order valence-electron chi connectivity index (χ0n) is 16.5. The van der Waals surface area contributed by atoms with Crippen molar-refractivity contribution in [3.8, 4) is 5.75 Å². The van der Waals surface area contributed by atoms with Crippen molar-refractivity contribution in [3.05, 3.63) is 28.8 Å². The van der Waals surface area contributed by atoms with Crippen LogP contribution >= 0.6 is 0 Å². The molecule has 1 nitrogen and oxygen atoms in total. The highest BCUT2D eigenvalue weighted by molar-refractivity contribution is 5.43. The molecule has 1 aromatic carbocycles. The Balaban J connectivity index is 2.38. The summed E-state index contributed by atoms with van der Waals surface area (Å²) in [6, 6.07) is 4.45. The van der Waals surface area contributed by atoms with Gasteiger partial charge in [0.1, 0.15) is 5.75 Å². The van der Waals surface area contributed by atoms with E-state index in [9.17, 15) is 5.11 Å². The largest absolute Gasteiger partial charge is 0.507 e. The molecule has 138 valence electrons. The Hall–Kier alpha value is -0.980. The van der Waals surface area contributed by atoms with E-state index in [0.29, 0.717) is 5.75 Å². The van der Waals surface area contributed by atoms with Gasteiger partial charge in [-0.2, -0.15) is 0 Å². The van der Waals surface area contributed by atoms with Crippen LogP contribution < -0.4 is 0 Å².